The molecule has 2 aliphatic heterocycles. The normalized spacial score (nSPS) is 25.1. The molecule has 0 spiro atoms. The number of carbonyl (C=O) groups excluding carboxylic acids is 1. The second-order valence-corrected chi connectivity index (χ2v) is 11.1. The molecule has 3 heterocycles. The molecule has 0 saturated carbocycles. The molecule has 2 radical (unpaired) electrons. The van der Waals surface area contributed by atoms with Crippen LogP contribution in [0, 0.1) is 0 Å². The van der Waals surface area contributed by atoms with E-state index in [0.717, 1.165) is 40.8 Å². The molecule has 4 atom stereocenters. The first-order valence-electron chi connectivity index (χ1n) is 12.6. The Morgan fingerprint density at radius 2 is 1.35 bits per heavy atom. The third-order valence-corrected chi connectivity index (χ3v) is 7.68. The van der Waals surface area contributed by atoms with Crippen LogP contribution in [-0.4, -0.2) is 87.9 Å². The average Bonchev–Trinajstić information content (AvgIpc) is 3.14. The fourth-order valence-electron chi connectivity index (χ4n) is 5.73. The molecule has 37 heavy (non-hydrogen) atoms. The van der Waals surface area contributed by atoms with Crippen LogP contribution in [0.2, 0.25) is 0 Å². The molecule has 0 amide bonds. The maximum atomic E-state index is 12.8. The van der Waals surface area contributed by atoms with Crippen molar-refractivity contribution in [2.45, 2.75) is 37.0 Å². The van der Waals surface area contributed by atoms with Crippen LogP contribution in [0.15, 0.2) is 42.5 Å². The number of ketones is 1. The third-order valence-electron chi connectivity index (χ3n) is 7.26. The summed E-state index contributed by atoms with van der Waals surface area (Å²) < 4.78 is 0.589. The number of nitrogens with zero attached hydrogens (tertiary/aromatic N) is 5. The molecule has 7 N–H and O–H groups in total. The minimum absolute atomic E-state index is 0.00895. The molecule has 10 nitrogen and oxygen atoms in total. The Labute approximate surface area is 224 Å². The van der Waals surface area contributed by atoms with E-state index < -0.39 is 0 Å². The van der Waals surface area contributed by atoms with Gasteiger partial charge in [-0.25, -0.2) is 0 Å². The van der Waals surface area contributed by atoms with E-state index in [1.807, 2.05) is 41.3 Å². The molecule has 1 aliphatic carbocycles. The fraction of sp³-hybridized carbons (Fsp3) is 0.385. The standard InChI is InChI=1S/C26H30AsN9O/c27-24-32-25(35-10-14(28)7-15(29)11-35)34-26(33-24)36-12-16(30)8-18(13-36)31-17-5-6-21-22(9-17)19-3-1-2-4-20(19)23(21)37/h1-6,9,14-16,18,31H,7-8,10-13,28-30H2/t14-,15+,16-,18+/m1/s1. The monoisotopic (exact) mass is 559 g/mol. The van der Waals surface area contributed by atoms with Gasteiger partial charge in [-0.2, -0.15) is 0 Å². The van der Waals surface area contributed by atoms with Crippen molar-refractivity contribution < 1.29 is 4.79 Å². The number of rotatable bonds is 4. The van der Waals surface area contributed by atoms with Crippen LogP contribution in [0.25, 0.3) is 11.1 Å². The quantitative estimate of drug-likeness (QED) is 0.247. The topological polar surface area (TPSA) is 152 Å². The number of anilines is 3. The maximum absolute atomic E-state index is 12.8. The molecule has 2 fully saturated rings. The Bertz CT molecular complexity index is 1340. The number of nitrogens with one attached hydrogen (secondary N) is 1. The van der Waals surface area contributed by atoms with Gasteiger partial charge in [0, 0.05) is 0 Å². The number of nitrogens with two attached hydrogens (primary N) is 3. The zero-order chi connectivity index (χ0) is 25.7. The molecule has 2 saturated heterocycles. The van der Waals surface area contributed by atoms with Gasteiger partial charge in [-0.3, -0.25) is 4.79 Å². The summed E-state index contributed by atoms with van der Waals surface area (Å²) in [6.07, 6.45) is 1.60. The molecule has 3 aliphatic rings. The van der Waals surface area contributed by atoms with Gasteiger partial charge in [0.1, 0.15) is 0 Å². The Balaban J connectivity index is 1.22. The molecular formula is C26H30AsN9O. The van der Waals surface area contributed by atoms with Crippen molar-refractivity contribution in [3.63, 3.8) is 0 Å². The van der Waals surface area contributed by atoms with E-state index >= 15 is 0 Å². The van der Waals surface area contributed by atoms with Gasteiger partial charge in [0.15, 0.2) is 0 Å². The molecule has 190 valence electrons. The van der Waals surface area contributed by atoms with E-state index in [9.17, 15) is 4.79 Å². The van der Waals surface area contributed by atoms with Crippen LogP contribution in [0.1, 0.15) is 28.8 Å². The first kappa shape index (κ1) is 24.3. The van der Waals surface area contributed by atoms with Gasteiger partial charge in [-0.15, -0.1) is 0 Å². The van der Waals surface area contributed by atoms with Crippen LogP contribution >= 0.6 is 0 Å². The van der Waals surface area contributed by atoms with Crippen molar-refractivity contribution >= 4 is 44.8 Å². The molecule has 2 aromatic carbocycles. The number of piperidine rings is 2. The van der Waals surface area contributed by atoms with E-state index in [-0.39, 0.29) is 30.0 Å². The van der Waals surface area contributed by atoms with E-state index in [0.29, 0.717) is 42.7 Å². The van der Waals surface area contributed by atoms with Crippen molar-refractivity contribution in [1.82, 2.24) is 15.0 Å². The van der Waals surface area contributed by atoms with Crippen molar-refractivity contribution in [3.05, 3.63) is 53.6 Å². The van der Waals surface area contributed by atoms with E-state index in [4.69, 9.17) is 22.2 Å². The molecule has 1 aromatic heterocycles. The summed E-state index contributed by atoms with van der Waals surface area (Å²) in [6.45, 7) is 2.67. The predicted octanol–water partition coefficient (Wildman–Crippen LogP) is -0.240. The van der Waals surface area contributed by atoms with Crippen molar-refractivity contribution in [2.75, 3.05) is 41.3 Å². The van der Waals surface area contributed by atoms with Gasteiger partial charge >= 0.3 is 202 Å². The predicted molar refractivity (Wildman–Crippen MR) is 146 cm³/mol. The minimum atomic E-state index is -0.0465. The molecular weight excluding hydrogens is 529 g/mol. The average molecular weight is 560 g/mol. The Morgan fingerprint density at radius 1 is 0.757 bits per heavy atom. The first-order valence-corrected chi connectivity index (χ1v) is 13.5. The number of benzene rings is 2. The van der Waals surface area contributed by atoms with E-state index in [2.05, 4.69) is 43.1 Å². The number of hydrogen-bond acceptors (Lipinski definition) is 10. The van der Waals surface area contributed by atoms with Gasteiger partial charge < -0.3 is 0 Å². The number of hydrogen-bond donors (Lipinski definition) is 4. The number of aromatic nitrogens is 3. The van der Waals surface area contributed by atoms with Crippen LogP contribution < -0.4 is 36.9 Å². The Hall–Kier alpha value is -3.04. The number of carbonyl (C=O) groups is 1. The molecule has 0 bridgehead atoms. The zero-order valence-electron chi connectivity index (χ0n) is 20.4. The van der Waals surface area contributed by atoms with Crippen LogP contribution in [0.3, 0.4) is 0 Å². The molecule has 0 unspecified atom stereocenters. The fourth-order valence-corrected chi connectivity index (χ4v) is 6.10. The van der Waals surface area contributed by atoms with E-state index in [1.54, 1.807) is 0 Å². The summed E-state index contributed by atoms with van der Waals surface area (Å²) in [7, 11) is 0. The summed E-state index contributed by atoms with van der Waals surface area (Å²) in [4.78, 5) is 30.9. The van der Waals surface area contributed by atoms with Crippen molar-refractivity contribution in [2.24, 2.45) is 17.2 Å². The van der Waals surface area contributed by atoms with E-state index in [1.165, 1.54) is 0 Å². The Morgan fingerprint density at radius 3 is 2.05 bits per heavy atom. The second-order valence-electron chi connectivity index (χ2n) is 10.3. The summed E-state index contributed by atoms with van der Waals surface area (Å²) in [5.74, 6) is 1.28. The van der Waals surface area contributed by atoms with Gasteiger partial charge in [0.2, 0.25) is 0 Å². The number of fused-ring (bicyclic) bond motifs is 3. The summed E-state index contributed by atoms with van der Waals surface area (Å²) >= 11 is 2.40. The van der Waals surface area contributed by atoms with Crippen LogP contribution in [0.5, 0.6) is 0 Å². The zero-order valence-corrected chi connectivity index (χ0v) is 22.3. The summed E-state index contributed by atoms with van der Waals surface area (Å²) in [6, 6.07) is 13.7. The van der Waals surface area contributed by atoms with Crippen molar-refractivity contribution in [1.29, 1.82) is 0 Å². The first-order chi connectivity index (χ1) is 17.8. The van der Waals surface area contributed by atoms with Crippen molar-refractivity contribution in [3.8, 4) is 11.1 Å². The summed E-state index contributed by atoms with van der Waals surface area (Å²) in [5.41, 5.74) is 23.3. The second kappa shape index (κ2) is 9.68. The molecule has 3 aromatic rings. The Kier molecular flexibility index (Phi) is 6.36. The van der Waals surface area contributed by atoms with Gasteiger partial charge in [-0.1, -0.05) is 18.2 Å². The summed E-state index contributed by atoms with van der Waals surface area (Å²) in [5, 5.41) is 3.64. The molecule has 6 rings (SSSR count). The van der Waals surface area contributed by atoms with Gasteiger partial charge in [-0.05, 0) is 0 Å². The SMILES string of the molecule is N[C@@H]1C[C@H](N)CN(c2nc([As])nc(N3C[C@H](N)C[C@H](Nc4ccc5c(c4)-c4ccccc4C5=O)C3)n2)C1. The third kappa shape index (κ3) is 4.82. The van der Waals surface area contributed by atoms with Crippen LogP contribution in [-0.2, 0) is 0 Å². The molecule has 11 heteroatoms. The van der Waals surface area contributed by atoms with Gasteiger partial charge in [0.05, 0.1) is 0 Å². The van der Waals surface area contributed by atoms with Crippen LogP contribution in [0.4, 0.5) is 17.6 Å². The van der Waals surface area contributed by atoms with Gasteiger partial charge in [0.25, 0.3) is 0 Å².